The fraction of sp³-hybridized carbons (Fsp3) is 0.167. The van der Waals surface area contributed by atoms with Gasteiger partial charge < -0.3 is 5.73 Å². The number of pyridine rings is 1. The summed E-state index contributed by atoms with van der Waals surface area (Å²) in [6.07, 6.45) is -2.68. The van der Waals surface area contributed by atoms with E-state index in [-0.39, 0.29) is 0 Å². The number of benzene rings is 1. The van der Waals surface area contributed by atoms with Crippen LogP contribution in [0.25, 0.3) is 10.6 Å². The molecule has 2 heterocycles. The second-order valence-electron chi connectivity index (χ2n) is 5.69. The second kappa shape index (κ2) is 6.87. The molecule has 0 bridgehead atoms. The van der Waals surface area contributed by atoms with Crippen LogP contribution in [0.5, 0.6) is 0 Å². The van der Waals surface area contributed by atoms with Crippen LogP contribution in [0.2, 0.25) is 0 Å². The normalized spacial score (nSPS) is 11.5. The number of primary amides is 1. The molecule has 4 nitrogen and oxygen atoms in total. The molecule has 3 rings (SSSR count). The van der Waals surface area contributed by atoms with Gasteiger partial charge in [0.25, 0.3) is 0 Å². The molecule has 8 heteroatoms. The van der Waals surface area contributed by atoms with Crippen molar-refractivity contribution >= 4 is 17.2 Å². The summed E-state index contributed by atoms with van der Waals surface area (Å²) in [5.74, 6) is -0.560. The third-order valence-electron chi connectivity index (χ3n) is 3.73. The number of hydrogen-bond donors (Lipinski definition) is 1. The summed E-state index contributed by atoms with van der Waals surface area (Å²) in [6.45, 7) is 1.81. The fourth-order valence-corrected chi connectivity index (χ4v) is 3.55. The Hall–Kier alpha value is -2.74. The molecule has 0 aliphatic carbocycles. The molecule has 0 atom stereocenters. The first-order valence-electron chi connectivity index (χ1n) is 7.62. The van der Waals surface area contributed by atoms with Crippen molar-refractivity contribution in [2.24, 2.45) is 5.73 Å². The molecule has 0 saturated carbocycles. The number of alkyl halides is 3. The minimum atomic E-state index is -4.37. The highest BCUT2D eigenvalue weighted by molar-refractivity contribution is 7.15. The molecule has 0 aliphatic rings. The molecule has 1 aromatic carbocycles. The van der Waals surface area contributed by atoms with Crippen LogP contribution in [0.3, 0.4) is 0 Å². The molecule has 2 N–H and O–H groups in total. The Balaban J connectivity index is 1.86. The Bertz CT molecular complexity index is 949. The quantitative estimate of drug-likeness (QED) is 0.740. The minimum Gasteiger partial charge on any atom is -0.366 e. The lowest BCUT2D eigenvalue weighted by molar-refractivity contribution is -0.137. The predicted molar refractivity (Wildman–Crippen MR) is 92.8 cm³/mol. The molecule has 26 heavy (non-hydrogen) atoms. The largest absolute Gasteiger partial charge is 0.416 e. The number of carbonyl (C=O) groups is 1. The summed E-state index contributed by atoms with van der Waals surface area (Å²) in [7, 11) is 0. The van der Waals surface area contributed by atoms with Gasteiger partial charge in [0.05, 0.1) is 32.4 Å². The van der Waals surface area contributed by atoms with Gasteiger partial charge in [-0.15, -0.1) is 11.3 Å². The molecule has 0 aliphatic heterocycles. The summed E-state index contributed by atoms with van der Waals surface area (Å²) < 4.78 is 38.5. The number of rotatable bonds is 4. The van der Waals surface area contributed by atoms with Gasteiger partial charge in [-0.1, -0.05) is 18.2 Å². The minimum absolute atomic E-state index is 0.300. The van der Waals surface area contributed by atoms with Crippen LogP contribution in [-0.2, 0) is 12.6 Å². The molecular weight excluding hydrogens is 363 g/mol. The number of halogens is 3. The summed E-state index contributed by atoms with van der Waals surface area (Å²) in [5.41, 5.74) is 6.74. The number of aryl methyl sites for hydroxylation is 1. The molecule has 1 amide bonds. The molecule has 0 saturated heterocycles. The van der Waals surface area contributed by atoms with Crippen molar-refractivity contribution in [2.45, 2.75) is 19.5 Å². The third kappa shape index (κ3) is 3.91. The van der Waals surface area contributed by atoms with Crippen LogP contribution in [0, 0.1) is 6.92 Å². The van der Waals surface area contributed by atoms with Crippen LogP contribution in [0.1, 0.15) is 32.2 Å². The van der Waals surface area contributed by atoms with E-state index >= 15 is 0 Å². The molecule has 0 unspecified atom stereocenters. The summed E-state index contributed by atoms with van der Waals surface area (Å²) in [6, 6.07) is 8.47. The smallest absolute Gasteiger partial charge is 0.366 e. The Labute approximate surface area is 151 Å². The summed E-state index contributed by atoms with van der Waals surface area (Å²) in [5, 5.41) is 0.692. The van der Waals surface area contributed by atoms with Crippen molar-refractivity contribution in [3.63, 3.8) is 0 Å². The zero-order valence-electron chi connectivity index (χ0n) is 13.7. The molecule has 3 aromatic rings. The van der Waals surface area contributed by atoms with E-state index in [0.717, 1.165) is 22.7 Å². The number of aromatic nitrogens is 2. The van der Waals surface area contributed by atoms with Gasteiger partial charge in [0.2, 0.25) is 5.91 Å². The molecule has 134 valence electrons. The fourth-order valence-electron chi connectivity index (χ4n) is 2.47. The average Bonchev–Trinajstić information content (AvgIpc) is 2.94. The topological polar surface area (TPSA) is 68.9 Å². The van der Waals surface area contributed by atoms with Crippen LogP contribution < -0.4 is 5.73 Å². The second-order valence-corrected chi connectivity index (χ2v) is 6.78. The Morgan fingerprint density at radius 3 is 2.62 bits per heavy atom. The maximum Gasteiger partial charge on any atom is 0.416 e. The van der Waals surface area contributed by atoms with Crippen molar-refractivity contribution in [3.05, 3.63) is 70.0 Å². The first-order valence-corrected chi connectivity index (χ1v) is 8.44. The first kappa shape index (κ1) is 18.1. The number of thiazole rings is 1. The highest BCUT2D eigenvalue weighted by atomic mass is 32.1. The number of carbonyl (C=O) groups excluding carboxylic acids is 1. The van der Waals surface area contributed by atoms with Crippen LogP contribution in [-0.4, -0.2) is 15.9 Å². The lowest BCUT2D eigenvalue weighted by Crippen LogP contribution is -2.10. The number of nitrogens with zero attached hydrogens (tertiary/aromatic N) is 2. The van der Waals surface area contributed by atoms with E-state index in [4.69, 9.17) is 5.73 Å². The van der Waals surface area contributed by atoms with Gasteiger partial charge in [0.15, 0.2) is 0 Å². The van der Waals surface area contributed by atoms with Crippen molar-refractivity contribution in [2.75, 3.05) is 0 Å². The van der Waals surface area contributed by atoms with Crippen LogP contribution in [0.4, 0.5) is 13.2 Å². The van der Waals surface area contributed by atoms with Crippen molar-refractivity contribution in [3.8, 4) is 10.6 Å². The number of nitrogens with two attached hydrogens (primary N) is 1. The molecule has 0 fully saturated rings. The van der Waals surface area contributed by atoms with Gasteiger partial charge in [-0.2, -0.15) is 13.2 Å². The number of amides is 1. The van der Waals surface area contributed by atoms with E-state index in [1.54, 1.807) is 18.2 Å². The SMILES string of the molecule is Cc1nc(Cc2cccc(C(F)(F)F)c2)sc1-c1ccc(C(N)=O)cn1. The van der Waals surface area contributed by atoms with E-state index in [1.165, 1.54) is 23.6 Å². The maximum atomic E-state index is 12.8. The molecular formula is C18H14F3N3OS. The van der Waals surface area contributed by atoms with Gasteiger partial charge in [-0.25, -0.2) is 4.98 Å². The predicted octanol–water partition coefficient (Wildman–Crippen LogP) is 4.22. The standard InChI is InChI=1S/C18H14F3N3OS/c1-10-16(14-6-5-12(9-23-14)17(22)25)26-15(24-10)8-11-3-2-4-13(7-11)18(19,20)21/h2-7,9H,8H2,1H3,(H2,22,25). The lowest BCUT2D eigenvalue weighted by Gasteiger charge is -2.07. The highest BCUT2D eigenvalue weighted by Crippen LogP contribution is 2.32. The zero-order valence-corrected chi connectivity index (χ0v) is 14.5. The van der Waals surface area contributed by atoms with Crippen LogP contribution >= 0.6 is 11.3 Å². The Kier molecular flexibility index (Phi) is 4.78. The average molecular weight is 377 g/mol. The van der Waals surface area contributed by atoms with E-state index in [9.17, 15) is 18.0 Å². The Morgan fingerprint density at radius 2 is 2.00 bits per heavy atom. The number of hydrogen-bond acceptors (Lipinski definition) is 4. The van der Waals surface area contributed by atoms with Gasteiger partial charge in [-0.3, -0.25) is 9.78 Å². The molecule has 0 spiro atoms. The molecule has 2 aromatic heterocycles. The van der Waals surface area contributed by atoms with Crippen molar-refractivity contribution in [1.29, 1.82) is 0 Å². The van der Waals surface area contributed by atoms with E-state index < -0.39 is 17.6 Å². The highest BCUT2D eigenvalue weighted by Gasteiger charge is 2.30. The van der Waals surface area contributed by atoms with Gasteiger partial charge in [0, 0.05) is 12.6 Å². The van der Waals surface area contributed by atoms with Gasteiger partial charge >= 0.3 is 6.18 Å². The first-order chi connectivity index (χ1) is 12.2. The van der Waals surface area contributed by atoms with Crippen LogP contribution in [0.15, 0.2) is 42.6 Å². The van der Waals surface area contributed by atoms with Gasteiger partial charge in [-0.05, 0) is 30.7 Å². The summed E-state index contributed by atoms with van der Waals surface area (Å²) >= 11 is 1.36. The molecule has 0 radical (unpaired) electrons. The monoisotopic (exact) mass is 377 g/mol. The van der Waals surface area contributed by atoms with E-state index in [0.29, 0.717) is 28.2 Å². The third-order valence-corrected chi connectivity index (χ3v) is 4.91. The summed E-state index contributed by atoms with van der Waals surface area (Å²) in [4.78, 5) is 20.6. The zero-order chi connectivity index (χ0) is 18.9. The lowest BCUT2D eigenvalue weighted by atomic mass is 10.1. The Morgan fingerprint density at radius 1 is 1.23 bits per heavy atom. The maximum absolute atomic E-state index is 12.8. The van der Waals surface area contributed by atoms with Gasteiger partial charge in [0.1, 0.15) is 0 Å². The van der Waals surface area contributed by atoms with E-state index in [2.05, 4.69) is 9.97 Å². The van der Waals surface area contributed by atoms with Crippen molar-refractivity contribution < 1.29 is 18.0 Å². The van der Waals surface area contributed by atoms with Crippen molar-refractivity contribution in [1.82, 2.24) is 9.97 Å². The van der Waals surface area contributed by atoms with E-state index in [1.807, 2.05) is 6.92 Å².